The molecule has 0 fully saturated rings. The van der Waals surface area contributed by atoms with Crippen LogP contribution in [-0.4, -0.2) is 20.6 Å². The highest BCUT2D eigenvalue weighted by molar-refractivity contribution is 5.57. The van der Waals surface area contributed by atoms with Crippen LogP contribution in [0.4, 0.5) is 11.4 Å². The fourth-order valence-corrected chi connectivity index (χ4v) is 1.25. The lowest BCUT2D eigenvalue weighted by Gasteiger charge is -2.14. The van der Waals surface area contributed by atoms with E-state index in [-0.39, 0.29) is 0 Å². The fraction of sp³-hybridized carbons (Fsp3) is 0.385. The molecule has 0 radical (unpaired) electrons. The van der Waals surface area contributed by atoms with E-state index >= 15 is 0 Å². The van der Waals surface area contributed by atoms with Gasteiger partial charge in [-0.05, 0) is 24.6 Å². The van der Waals surface area contributed by atoms with E-state index in [4.69, 9.17) is 0 Å². The van der Waals surface area contributed by atoms with E-state index in [0.29, 0.717) is 0 Å². The van der Waals surface area contributed by atoms with Crippen LogP contribution in [0.15, 0.2) is 36.4 Å². The number of nitrogens with zero attached hydrogens (tertiary/aromatic N) is 1. The first-order chi connectivity index (χ1) is 7.13. The first-order valence-corrected chi connectivity index (χ1v) is 5.31. The summed E-state index contributed by atoms with van der Waals surface area (Å²) < 4.78 is 0. The normalized spacial score (nSPS) is 9.80. The minimum atomic E-state index is 0.855. The molecular formula is C13H20N2. The van der Waals surface area contributed by atoms with Gasteiger partial charge in [0.2, 0.25) is 0 Å². The maximum atomic E-state index is 3.97. The lowest BCUT2D eigenvalue weighted by Crippen LogP contribution is -2.09. The standard InChI is InChI=1S/C13H20N2/c1-5-11(2)10-14-12-7-6-8-13(9-12)15(3)4/h6-9,14H,2,5,10H2,1,3-4H3. The van der Waals surface area contributed by atoms with Crippen molar-refractivity contribution in [1.29, 1.82) is 0 Å². The van der Waals surface area contributed by atoms with Crippen LogP contribution in [0.25, 0.3) is 0 Å². The van der Waals surface area contributed by atoms with Crippen molar-refractivity contribution in [3.05, 3.63) is 36.4 Å². The van der Waals surface area contributed by atoms with Gasteiger partial charge in [0, 0.05) is 32.0 Å². The van der Waals surface area contributed by atoms with Gasteiger partial charge in [0.15, 0.2) is 0 Å². The lowest BCUT2D eigenvalue weighted by atomic mass is 10.2. The Morgan fingerprint density at radius 2 is 2.13 bits per heavy atom. The molecule has 1 aromatic rings. The molecule has 0 atom stereocenters. The maximum Gasteiger partial charge on any atom is 0.0381 e. The average Bonchev–Trinajstić information content (AvgIpc) is 2.26. The summed E-state index contributed by atoms with van der Waals surface area (Å²) in [6, 6.07) is 8.38. The molecule has 0 heterocycles. The predicted octanol–water partition coefficient (Wildman–Crippen LogP) is 3.13. The second-order valence-electron chi connectivity index (χ2n) is 3.90. The second-order valence-corrected chi connectivity index (χ2v) is 3.90. The quantitative estimate of drug-likeness (QED) is 0.741. The zero-order chi connectivity index (χ0) is 11.3. The van der Waals surface area contributed by atoms with Crippen LogP contribution in [-0.2, 0) is 0 Å². The van der Waals surface area contributed by atoms with Gasteiger partial charge in [-0.2, -0.15) is 0 Å². The van der Waals surface area contributed by atoms with Crippen molar-refractivity contribution in [2.24, 2.45) is 0 Å². The van der Waals surface area contributed by atoms with Crippen molar-refractivity contribution in [2.45, 2.75) is 13.3 Å². The Balaban J connectivity index is 2.61. The summed E-state index contributed by atoms with van der Waals surface area (Å²) in [5.74, 6) is 0. The highest BCUT2D eigenvalue weighted by Crippen LogP contribution is 2.17. The molecule has 0 unspecified atom stereocenters. The first-order valence-electron chi connectivity index (χ1n) is 5.31. The van der Waals surface area contributed by atoms with Crippen molar-refractivity contribution in [3.8, 4) is 0 Å². The van der Waals surface area contributed by atoms with Crippen LogP contribution in [0.3, 0.4) is 0 Å². The van der Waals surface area contributed by atoms with Crippen molar-refractivity contribution in [2.75, 3.05) is 30.9 Å². The largest absolute Gasteiger partial charge is 0.381 e. The molecule has 1 rings (SSSR count). The van der Waals surface area contributed by atoms with E-state index in [1.54, 1.807) is 0 Å². The Kier molecular flexibility index (Phi) is 4.22. The van der Waals surface area contributed by atoms with Gasteiger partial charge in [0.05, 0.1) is 0 Å². The molecule has 0 bridgehead atoms. The number of benzene rings is 1. The molecule has 0 saturated heterocycles. The summed E-state index contributed by atoms with van der Waals surface area (Å²) in [6.07, 6.45) is 1.03. The molecule has 1 aromatic carbocycles. The van der Waals surface area contributed by atoms with E-state index in [2.05, 4.69) is 48.0 Å². The minimum Gasteiger partial charge on any atom is -0.381 e. The van der Waals surface area contributed by atoms with E-state index < -0.39 is 0 Å². The molecule has 15 heavy (non-hydrogen) atoms. The third kappa shape index (κ3) is 3.66. The third-order valence-electron chi connectivity index (χ3n) is 2.41. The van der Waals surface area contributed by atoms with Gasteiger partial charge in [0.1, 0.15) is 0 Å². The molecule has 0 aliphatic heterocycles. The van der Waals surface area contributed by atoms with Gasteiger partial charge in [-0.1, -0.05) is 25.1 Å². The molecule has 1 N–H and O–H groups in total. The topological polar surface area (TPSA) is 15.3 Å². The van der Waals surface area contributed by atoms with Gasteiger partial charge in [0.25, 0.3) is 0 Å². The molecule has 0 amide bonds. The summed E-state index contributed by atoms with van der Waals surface area (Å²) in [4.78, 5) is 2.10. The predicted molar refractivity (Wildman–Crippen MR) is 68.7 cm³/mol. The van der Waals surface area contributed by atoms with Crippen LogP contribution < -0.4 is 10.2 Å². The maximum absolute atomic E-state index is 3.97. The summed E-state index contributed by atoms with van der Waals surface area (Å²) in [6.45, 7) is 6.95. The van der Waals surface area contributed by atoms with Crippen LogP contribution in [0.1, 0.15) is 13.3 Å². The van der Waals surface area contributed by atoms with Crippen molar-refractivity contribution in [3.63, 3.8) is 0 Å². The average molecular weight is 204 g/mol. The Bertz CT molecular complexity index is 329. The van der Waals surface area contributed by atoms with Crippen molar-refractivity contribution in [1.82, 2.24) is 0 Å². The van der Waals surface area contributed by atoms with Gasteiger partial charge in [-0.25, -0.2) is 0 Å². The van der Waals surface area contributed by atoms with Gasteiger partial charge in [-0.3, -0.25) is 0 Å². The summed E-state index contributed by atoms with van der Waals surface area (Å²) in [5.41, 5.74) is 3.59. The van der Waals surface area contributed by atoms with Gasteiger partial charge >= 0.3 is 0 Å². The molecule has 0 aromatic heterocycles. The molecule has 0 saturated carbocycles. The zero-order valence-corrected chi connectivity index (χ0v) is 9.88. The number of rotatable bonds is 5. The smallest absolute Gasteiger partial charge is 0.0381 e. The lowest BCUT2D eigenvalue weighted by molar-refractivity contribution is 1.05. The van der Waals surface area contributed by atoms with Crippen LogP contribution in [0.2, 0.25) is 0 Å². The highest BCUT2D eigenvalue weighted by atomic mass is 15.1. The Labute approximate surface area is 92.6 Å². The Hall–Kier alpha value is -1.44. The number of hydrogen-bond acceptors (Lipinski definition) is 2. The monoisotopic (exact) mass is 204 g/mol. The molecule has 2 nitrogen and oxygen atoms in total. The van der Waals surface area contributed by atoms with Crippen LogP contribution in [0, 0.1) is 0 Å². The Morgan fingerprint density at radius 1 is 1.40 bits per heavy atom. The minimum absolute atomic E-state index is 0.855. The van der Waals surface area contributed by atoms with E-state index in [0.717, 1.165) is 18.7 Å². The second kappa shape index (κ2) is 5.44. The fourth-order valence-electron chi connectivity index (χ4n) is 1.25. The van der Waals surface area contributed by atoms with Crippen LogP contribution in [0.5, 0.6) is 0 Å². The van der Waals surface area contributed by atoms with E-state index in [9.17, 15) is 0 Å². The highest BCUT2D eigenvalue weighted by Gasteiger charge is 1.97. The third-order valence-corrected chi connectivity index (χ3v) is 2.41. The number of hydrogen-bond donors (Lipinski definition) is 1. The number of nitrogens with one attached hydrogen (secondary N) is 1. The molecule has 82 valence electrons. The molecular weight excluding hydrogens is 184 g/mol. The zero-order valence-electron chi connectivity index (χ0n) is 9.88. The first kappa shape index (κ1) is 11.6. The molecule has 0 aliphatic carbocycles. The molecule has 2 heteroatoms. The van der Waals surface area contributed by atoms with Crippen LogP contribution >= 0.6 is 0 Å². The summed E-state index contributed by atoms with van der Waals surface area (Å²) >= 11 is 0. The summed E-state index contributed by atoms with van der Waals surface area (Å²) in [5, 5.41) is 3.36. The number of anilines is 2. The van der Waals surface area contributed by atoms with E-state index in [1.807, 2.05) is 14.1 Å². The molecule has 0 spiro atoms. The van der Waals surface area contributed by atoms with Gasteiger partial charge < -0.3 is 10.2 Å². The SMILES string of the molecule is C=C(CC)CNc1cccc(N(C)C)c1. The molecule has 0 aliphatic rings. The van der Waals surface area contributed by atoms with Crippen molar-refractivity contribution >= 4 is 11.4 Å². The summed E-state index contributed by atoms with van der Waals surface area (Å²) in [7, 11) is 4.09. The van der Waals surface area contributed by atoms with E-state index in [1.165, 1.54) is 11.3 Å². The van der Waals surface area contributed by atoms with Gasteiger partial charge in [-0.15, -0.1) is 0 Å². The Morgan fingerprint density at radius 3 is 2.73 bits per heavy atom. The van der Waals surface area contributed by atoms with Crippen molar-refractivity contribution < 1.29 is 0 Å².